The van der Waals surface area contributed by atoms with Crippen molar-refractivity contribution in [3.8, 4) is 0 Å². The number of hydrogen-bond acceptors (Lipinski definition) is 3. The number of hydrogen-bond donors (Lipinski definition) is 2. The van der Waals surface area contributed by atoms with Crippen LogP contribution >= 0.6 is 22.9 Å². The van der Waals surface area contributed by atoms with Gasteiger partial charge in [0.25, 0.3) is 5.91 Å². The van der Waals surface area contributed by atoms with Gasteiger partial charge in [0.05, 0.1) is 9.90 Å². The largest absolute Gasteiger partial charge is 0.365 e. The quantitative estimate of drug-likeness (QED) is 0.816. The van der Waals surface area contributed by atoms with Gasteiger partial charge in [0.1, 0.15) is 5.00 Å². The summed E-state index contributed by atoms with van der Waals surface area (Å²) in [6, 6.07) is 0. The molecular formula is C8H9ClN2O2S. The van der Waals surface area contributed by atoms with E-state index in [1.807, 2.05) is 0 Å². The van der Waals surface area contributed by atoms with E-state index in [1.54, 1.807) is 6.92 Å². The third kappa shape index (κ3) is 2.05. The Morgan fingerprint density at radius 3 is 2.50 bits per heavy atom. The molecule has 0 aliphatic carbocycles. The van der Waals surface area contributed by atoms with E-state index in [1.165, 1.54) is 6.92 Å². The van der Waals surface area contributed by atoms with Crippen LogP contribution in [0.25, 0.3) is 0 Å². The van der Waals surface area contributed by atoms with Crippen LogP contribution in [0.15, 0.2) is 0 Å². The number of halogens is 1. The van der Waals surface area contributed by atoms with Gasteiger partial charge in [-0.05, 0) is 12.5 Å². The number of carbonyl (C=O) groups excluding carboxylic acids is 2. The zero-order valence-corrected chi connectivity index (χ0v) is 9.25. The van der Waals surface area contributed by atoms with E-state index in [0.717, 1.165) is 11.3 Å². The van der Waals surface area contributed by atoms with Crippen molar-refractivity contribution in [1.29, 1.82) is 0 Å². The second kappa shape index (κ2) is 3.98. The maximum Gasteiger partial charge on any atom is 0.252 e. The van der Waals surface area contributed by atoms with E-state index in [0.29, 0.717) is 14.9 Å². The van der Waals surface area contributed by atoms with Crippen LogP contribution in [-0.4, -0.2) is 11.8 Å². The van der Waals surface area contributed by atoms with Gasteiger partial charge in [-0.25, -0.2) is 0 Å². The molecule has 4 nitrogen and oxygen atoms in total. The Morgan fingerprint density at radius 1 is 1.50 bits per heavy atom. The normalized spacial score (nSPS) is 9.93. The highest BCUT2D eigenvalue weighted by Crippen LogP contribution is 2.36. The monoisotopic (exact) mass is 232 g/mol. The summed E-state index contributed by atoms with van der Waals surface area (Å²) >= 11 is 6.95. The van der Waals surface area contributed by atoms with E-state index in [9.17, 15) is 9.59 Å². The molecule has 0 bridgehead atoms. The first kappa shape index (κ1) is 11.0. The maximum atomic E-state index is 11.1. The van der Waals surface area contributed by atoms with Gasteiger partial charge in [-0.3, -0.25) is 9.59 Å². The van der Waals surface area contributed by atoms with Gasteiger partial charge in [0.2, 0.25) is 5.91 Å². The standard InChI is InChI=1S/C8H9ClN2O2S/c1-3-5(7(10)13)8(11-4(2)12)14-6(3)9/h1-2H3,(H2,10,13)(H,11,12). The van der Waals surface area contributed by atoms with Crippen molar-refractivity contribution in [3.05, 3.63) is 15.5 Å². The molecule has 2 amide bonds. The molecule has 0 unspecified atom stereocenters. The first-order valence-corrected chi connectivity index (χ1v) is 4.99. The fourth-order valence-corrected chi connectivity index (χ4v) is 2.34. The van der Waals surface area contributed by atoms with Crippen molar-refractivity contribution < 1.29 is 9.59 Å². The first-order valence-electron chi connectivity index (χ1n) is 3.79. The van der Waals surface area contributed by atoms with Crippen LogP contribution in [0.1, 0.15) is 22.8 Å². The molecule has 0 aliphatic rings. The minimum absolute atomic E-state index is 0.259. The fourth-order valence-electron chi connectivity index (χ4n) is 1.03. The highest BCUT2D eigenvalue weighted by molar-refractivity contribution is 7.20. The van der Waals surface area contributed by atoms with Gasteiger partial charge in [-0.15, -0.1) is 11.3 Å². The molecule has 1 aromatic rings. The van der Waals surface area contributed by atoms with Gasteiger partial charge in [0.15, 0.2) is 0 Å². The van der Waals surface area contributed by atoms with Crippen molar-refractivity contribution in [2.75, 3.05) is 5.32 Å². The highest BCUT2D eigenvalue weighted by atomic mass is 35.5. The molecule has 0 fully saturated rings. The summed E-state index contributed by atoms with van der Waals surface area (Å²) in [4.78, 5) is 21.9. The van der Waals surface area contributed by atoms with Crippen molar-refractivity contribution in [1.82, 2.24) is 0 Å². The molecule has 76 valence electrons. The Balaban J connectivity index is 3.22. The minimum atomic E-state index is -0.589. The van der Waals surface area contributed by atoms with Crippen LogP contribution in [0.5, 0.6) is 0 Å². The van der Waals surface area contributed by atoms with Gasteiger partial charge < -0.3 is 11.1 Å². The summed E-state index contributed by atoms with van der Waals surface area (Å²) < 4.78 is 0.461. The lowest BCUT2D eigenvalue weighted by Crippen LogP contribution is -2.15. The topological polar surface area (TPSA) is 72.2 Å². The maximum absolute atomic E-state index is 11.1. The molecule has 0 atom stereocenters. The van der Waals surface area contributed by atoms with Gasteiger partial charge in [-0.1, -0.05) is 11.6 Å². The number of anilines is 1. The molecule has 1 aromatic heterocycles. The first-order chi connectivity index (χ1) is 6.43. The van der Waals surface area contributed by atoms with Crippen LogP contribution in [0, 0.1) is 6.92 Å². The Labute approximate surface area is 90.0 Å². The molecule has 1 rings (SSSR count). The van der Waals surface area contributed by atoms with Crippen molar-refractivity contribution in [3.63, 3.8) is 0 Å². The lowest BCUT2D eigenvalue weighted by molar-refractivity contribution is -0.114. The third-order valence-electron chi connectivity index (χ3n) is 1.62. The molecule has 6 heteroatoms. The lowest BCUT2D eigenvalue weighted by atomic mass is 10.2. The van der Waals surface area contributed by atoms with E-state index >= 15 is 0 Å². The molecule has 0 saturated carbocycles. The van der Waals surface area contributed by atoms with Gasteiger partial charge >= 0.3 is 0 Å². The molecular weight excluding hydrogens is 224 g/mol. The number of thiophene rings is 1. The summed E-state index contributed by atoms with van der Waals surface area (Å²) in [6.07, 6.45) is 0. The number of carbonyl (C=O) groups is 2. The average Bonchev–Trinajstić information content (AvgIpc) is 2.26. The Morgan fingerprint density at radius 2 is 2.07 bits per heavy atom. The van der Waals surface area contributed by atoms with Gasteiger partial charge in [0, 0.05) is 6.92 Å². The van der Waals surface area contributed by atoms with Crippen molar-refractivity contribution in [2.24, 2.45) is 5.73 Å². The van der Waals surface area contributed by atoms with Crippen LogP contribution in [0.2, 0.25) is 4.34 Å². The van der Waals surface area contributed by atoms with Crippen LogP contribution < -0.4 is 11.1 Å². The molecule has 0 saturated heterocycles. The predicted molar refractivity (Wildman–Crippen MR) is 56.9 cm³/mol. The number of nitrogens with one attached hydrogen (secondary N) is 1. The van der Waals surface area contributed by atoms with E-state index < -0.39 is 5.91 Å². The number of nitrogens with two attached hydrogens (primary N) is 1. The zero-order valence-electron chi connectivity index (χ0n) is 7.68. The number of amides is 2. The van der Waals surface area contributed by atoms with E-state index in [4.69, 9.17) is 17.3 Å². The number of rotatable bonds is 2. The summed E-state index contributed by atoms with van der Waals surface area (Å²) in [5.74, 6) is -0.847. The second-order valence-corrected chi connectivity index (χ2v) is 4.37. The molecule has 0 spiro atoms. The second-order valence-electron chi connectivity index (χ2n) is 2.75. The molecule has 3 N–H and O–H groups in total. The summed E-state index contributed by atoms with van der Waals surface area (Å²) in [5.41, 5.74) is 6.05. The molecule has 0 aliphatic heterocycles. The summed E-state index contributed by atoms with van der Waals surface area (Å²) in [6.45, 7) is 3.04. The summed E-state index contributed by atoms with van der Waals surface area (Å²) in [7, 11) is 0. The van der Waals surface area contributed by atoms with Crippen LogP contribution in [0.4, 0.5) is 5.00 Å². The molecule has 14 heavy (non-hydrogen) atoms. The SMILES string of the molecule is CC(=O)Nc1sc(Cl)c(C)c1C(N)=O. The average molecular weight is 233 g/mol. The number of primary amides is 1. The minimum Gasteiger partial charge on any atom is -0.365 e. The Hall–Kier alpha value is -1.07. The van der Waals surface area contributed by atoms with E-state index in [2.05, 4.69) is 5.32 Å². The van der Waals surface area contributed by atoms with Crippen LogP contribution in [-0.2, 0) is 4.79 Å². The lowest BCUT2D eigenvalue weighted by Gasteiger charge is -2.00. The van der Waals surface area contributed by atoms with E-state index in [-0.39, 0.29) is 11.5 Å². The molecule has 0 radical (unpaired) electrons. The third-order valence-corrected chi connectivity index (χ3v) is 3.14. The Bertz CT molecular complexity index is 400. The van der Waals surface area contributed by atoms with Crippen LogP contribution in [0.3, 0.4) is 0 Å². The molecule has 0 aromatic carbocycles. The van der Waals surface area contributed by atoms with Gasteiger partial charge in [-0.2, -0.15) is 0 Å². The molecule has 1 heterocycles. The predicted octanol–water partition coefficient (Wildman–Crippen LogP) is 1.77. The smallest absolute Gasteiger partial charge is 0.252 e. The van der Waals surface area contributed by atoms with Crippen molar-refractivity contribution in [2.45, 2.75) is 13.8 Å². The summed E-state index contributed by atoms with van der Waals surface area (Å²) in [5, 5.41) is 2.92. The zero-order chi connectivity index (χ0) is 10.9. The van der Waals surface area contributed by atoms with Crippen molar-refractivity contribution >= 4 is 39.8 Å². The fraction of sp³-hybridized carbons (Fsp3) is 0.250. The Kier molecular flexibility index (Phi) is 3.13. The highest BCUT2D eigenvalue weighted by Gasteiger charge is 2.18.